The maximum Gasteiger partial charge on any atom is 0.205 e. The molecule has 1 heterocycles. The molecule has 0 aromatic carbocycles. The average Bonchev–Trinajstić information content (AvgIpc) is 2.45. The molecule has 0 bridgehead atoms. The number of hydrogen-bond donors (Lipinski definition) is 3. The Labute approximate surface area is 110 Å². The summed E-state index contributed by atoms with van der Waals surface area (Å²) >= 11 is 0. The molecule has 0 unspecified atom stereocenters. The van der Waals surface area contributed by atoms with E-state index in [0.29, 0.717) is 12.0 Å². The highest BCUT2D eigenvalue weighted by Crippen LogP contribution is 2.17. The third-order valence-corrected chi connectivity index (χ3v) is 3.93. The second-order valence-electron chi connectivity index (χ2n) is 5.37. The molecule has 2 rings (SSSR count). The van der Waals surface area contributed by atoms with Gasteiger partial charge in [-0.15, -0.1) is 0 Å². The lowest BCUT2D eigenvalue weighted by Crippen LogP contribution is -2.47. The first kappa shape index (κ1) is 13.6. The molecule has 0 amide bonds. The van der Waals surface area contributed by atoms with Crippen LogP contribution in [0, 0.1) is 5.92 Å². The third kappa shape index (κ3) is 4.46. The number of nitrogens with two attached hydrogens (primary N) is 1. The summed E-state index contributed by atoms with van der Waals surface area (Å²) in [6, 6.07) is 0.545. The van der Waals surface area contributed by atoms with Crippen molar-refractivity contribution in [3.05, 3.63) is 0 Å². The van der Waals surface area contributed by atoms with Gasteiger partial charge in [-0.2, -0.15) is 0 Å². The third-order valence-electron chi connectivity index (χ3n) is 3.93. The Morgan fingerprint density at radius 3 is 2.50 bits per heavy atom. The first-order chi connectivity index (χ1) is 8.88. The summed E-state index contributed by atoms with van der Waals surface area (Å²) in [6.07, 6.45) is 8.69. The van der Waals surface area contributed by atoms with Crippen LogP contribution in [0.5, 0.6) is 0 Å². The van der Waals surface area contributed by atoms with Crippen molar-refractivity contribution in [3.63, 3.8) is 0 Å². The zero-order valence-corrected chi connectivity index (χ0v) is 11.2. The first-order valence-corrected chi connectivity index (χ1v) is 7.24. The van der Waals surface area contributed by atoms with E-state index in [0.717, 1.165) is 38.6 Å². The summed E-state index contributed by atoms with van der Waals surface area (Å²) in [5, 5.41) is 3.43. The molecule has 0 radical (unpaired) electrons. The molecule has 4 N–H and O–H groups in total. The van der Waals surface area contributed by atoms with Crippen LogP contribution >= 0.6 is 0 Å². The van der Waals surface area contributed by atoms with Gasteiger partial charge in [0, 0.05) is 25.8 Å². The van der Waals surface area contributed by atoms with Crippen LogP contribution in [0.3, 0.4) is 0 Å². The van der Waals surface area contributed by atoms with Crippen molar-refractivity contribution >= 4 is 5.96 Å². The van der Waals surface area contributed by atoms with E-state index < -0.39 is 0 Å². The lowest BCUT2D eigenvalue weighted by atomic mass is 9.96. The lowest BCUT2D eigenvalue weighted by Gasteiger charge is -2.25. The van der Waals surface area contributed by atoms with Gasteiger partial charge in [0.25, 0.3) is 0 Å². The number of ether oxygens (including phenoxy) is 1. The van der Waals surface area contributed by atoms with Gasteiger partial charge in [0.2, 0.25) is 5.96 Å². The summed E-state index contributed by atoms with van der Waals surface area (Å²) in [4.78, 5) is 4.57. The summed E-state index contributed by atoms with van der Waals surface area (Å²) in [5.41, 5.74) is 2.70. The number of aliphatic imine (C=N–C) groups is 1. The highest BCUT2D eigenvalue weighted by atomic mass is 16.5. The van der Waals surface area contributed by atoms with Crippen LogP contribution in [-0.4, -0.2) is 31.8 Å². The molecule has 1 saturated heterocycles. The average molecular weight is 254 g/mol. The van der Waals surface area contributed by atoms with Crippen LogP contribution in [0.25, 0.3) is 0 Å². The van der Waals surface area contributed by atoms with Gasteiger partial charge in [-0.1, -0.05) is 19.3 Å². The fourth-order valence-electron chi connectivity index (χ4n) is 2.72. The molecule has 1 saturated carbocycles. The quantitative estimate of drug-likeness (QED) is 0.306. The van der Waals surface area contributed by atoms with Crippen molar-refractivity contribution in [2.45, 2.75) is 51.0 Å². The normalized spacial score (nSPS) is 23.9. The number of nitrogens with zero attached hydrogens (tertiary/aromatic N) is 1. The van der Waals surface area contributed by atoms with Crippen molar-refractivity contribution in [2.24, 2.45) is 16.8 Å². The summed E-state index contributed by atoms with van der Waals surface area (Å²) < 4.78 is 5.35. The number of nitrogens with one attached hydrogen (secondary N) is 2. The first-order valence-electron chi connectivity index (χ1n) is 7.24. The molecular formula is C13H26N4O. The van der Waals surface area contributed by atoms with Crippen LogP contribution in [0.1, 0.15) is 44.9 Å². The Hall–Kier alpha value is -0.810. The molecular weight excluding hydrogens is 228 g/mol. The van der Waals surface area contributed by atoms with E-state index in [9.17, 15) is 0 Å². The number of hydrazine groups is 1. The predicted octanol–water partition coefficient (Wildman–Crippen LogP) is 1.15. The van der Waals surface area contributed by atoms with Gasteiger partial charge in [-0.25, -0.2) is 5.84 Å². The van der Waals surface area contributed by atoms with Crippen molar-refractivity contribution < 1.29 is 4.74 Å². The van der Waals surface area contributed by atoms with Gasteiger partial charge in [0.05, 0.1) is 0 Å². The molecule has 5 nitrogen and oxygen atoms in total. The Bertz CT molecular complexity index is 258. The molecule has 104 valence electrons. The van der Waals surface area contributed by atoms with E-state index in [1.807, 2.05) is 0 Å². The minimum atomic E-state index is 0.545. The smallest absolute Gasteiger partial charge is 0.205 e. The molecule has 1 aliphatic carbocycles. The van der Waals surface area contributed by atoms with Crippen LogP contribution in [0.2, 0.25) is 0 Å². The van der Waals surface area contributed by atoms with Crippen molar-refractivity contribution in [3.8, 4) is 0 Å². The highest BCUT2D eigenvalue weighted by Gasteiger charge is 2.16. The number of guanidine groups is 1. The van der Waals surface area contributed by atoms with E-state index in [2.05, 4.69) is 15.7 Å². The Balaban J connectivity index is 1.75. The van der Waals surface area contributed by atoms with E-state index >= 15 is 0 Å². The summed E-state index contributed by atoms with van der Waals surface area (Å²) in [6.45, 7) is 2.60. The maximum absolute atomic E-state index is 5.54. The maximum atomic E-state index is 5.54. The molecule has 2 aliphatic rings. The van der Waals surface area contributed by atoms with E-state index in [-0.39, 0.29) is 0 Å². The van der Waals surface area contributed by atoms with Gasteiger partial charge >= 0.3 is 0 Å². The summed E-state index contributed by atoms with van der Waals surface area (Å²) in [5.74, 6) is 6.94. The van der Waals surface area contributed by atoms with E-state index in [1.165, 1.54) is 32.1 Å². The van der Waals surface area contributed by atoms with E-state index in [1.54, 1.807) is 0 Å². The molecule has 0 atom stereocenters. The van der Waals surface area contributed by atoms with Gasteiger partial charge in [0.15, 0.2) is 0 Å². The van der Waals surface area contributed by atoms with Crippen LogP contribution in [0.15, 0.2) is 4.99 Å². The second-order valence-corrected chi connectivity index (χ2v) is 5.37. The van der Waals surface area contributed by atoms with Gasteiger partial charge in [-0.3, -0.25) is 10.4 Å². The van der Waals surface area contributed by atoms with Crippen LogP contribution < -0.4 is 16.6 Å². The number of rotatable bonds is 3. The second kappa shape index (κ2) is 7.59. The van der Waals surface area contributed by atoms with Crippen LogP contribution in [-0.2, 0) is 4.74 Å². The van der Waals surface area contributed by atoms with Crippen molar-refractivity contribution in [1.29, 1.82) is 0 Å². The number of hydrogen-bond acceptors (Lipinski definition) is 3. The zero-order chi connectivity index (χ0) is 12.6. The molecule has 18 heavy (non-hydrogen) atoms. The molecule has 1 aliphatic heterocycles. The molecule has 5 heteroatoms. The fraction of sp³-hybridized carbons (Fsp3) is 0.923. The Kier molecular flexibility index (Phi) is 5.74. The van der Waals surface area contributed by atoms with Gasteiger partial charge in [-0.05, 0) is 31.6 Å². The lowest BCUT2D eigenvalue weighted by molar-refractivity contribution is 0.0689. The fourth-order valence-corrected chi connectivity index (χ4v) is 2.72. The zero-order valence-electron chi connectivity index (χ0n) is 11.2. The van der Waals surface area contributed by atoms with Crippen molar-refractivity contribution in [2.75, 3.05) is 19.8 Å². The van der Waals surface area contributed by atoms with Gasteiger partial charge in [0.1, 0.15) is 0 Å². The topological polar surface area (TPSA) is 71.7 Å². The molecule has 0 aromatic heterocycles. The SMILES string of the molecule is NNC(=NCC1CCOCC1)NC1CCCCC1. The van der Waals surface area contributed by atoms with Gasteiger partial charge < -0.3 is 10.1 Å². The predicted molar refractivity (Wildman–Crippen MR) is 73.2 cm³/mol. The van der Waals surface area contributed by atoms with Crippen molar-refractivity contribution in [1.82, 2.24) is 10.7 Å². The Morgan fingerprint density at radius 2 is 1.83 bits per heavy atom. The molecule has 0 spiro atoms. The monoisotopic (exact) mass is 254 g/mol. The summed E-state index contributed by atoms with van der Waals surface area (Å²) in [7, 11) is 0. The van der Waals surface area contributed by atoms with E-state index in [4.69, 9.17) is 10.6 Å². The largest absolute Gasteiger partial charge is 0.381 e. The molecule has 0 aromatic rings. The minimum absolute atomic E-state index is 0.545. The standard InChI is InChI=1S/C13H26N4O/c14-17-13(16-12-4-2-1-3-5-12)15-10-11-6-8-18-9-7-11/h11-12H,1-10,14H2,(H2,15,16,17). The van der Waals surface area contributed by atoms with Crippen LogP contribution in [0.4, 0.5) is 0 Å². The minimum Gasteiger partial charge on any atom is -0.381 e. The molecule has 2 fully saturated rings. The Morgan fingerprint density at radius 1 is 1.11 bits per heavy atom. The highest BCUT2D eigenvalue weighted by molar-refractivity contribution is 5.79.